The largest absolute Gasteiger partial charge is 0.469 e. The van der Waals surface area contributed by atoms with E-state index in [1.807, 2.05) is 13.0 Å². The zero-order chi connectivity index (χ0) is 21.8. The molecule has 0 bridgehead atoms. The average Bonchev–Trinajstić information content (AvgIpc) is 3.02. The van der Waals surface area contributed by atoms with Crippen molar-refractivity contribution in [2.24, 2.45) is 0 Å². The van der Waals surface area contributed by atoms with E-state index >= 15 is 0 Å². The quantitative estimate of drug-likeness (QED) is 0.421. The van der Waals surface area contributed by atoms with E-state index in [2.05, 4.69) is 26.9 Å². The van der Waals surface area contributed by atoms with Crippen molar-refractivity contribution in [3.8, 4) is 6.01 Å². The molecule has 0 saturated heterocycles. The molecule has 3 aromatic heterocycles. The van der Waals surface area contributed by atoms with E-state index in [1.54, 1.807) is 13.0 Å². The first kappa shape index (κ1) is 21.3. The monoisotopic (exact) mass is 414 g/mol. The van der Waals surface area contributed by atoms with E-state index < -0.39 is 5.92 Å². The molecule has 10 nitrogen and oxygen atoms in total. The Bertz CT molecular complexity index is 1120. The van der Waals surface area contributed by atoms with Crippen molar-refractivity contribution < 1.29 is 14.3 Å². The van der Waals surface area contributed by atoms with Crippen LogP contribution in [0, 0.1) is 6.92 Å². The van der Waals surface area contributed by atoms with Gasteiger partial charge in [0.2, 0.25) is 0 Å². The summed E-state index contributed by atoms with van der Waals surface area (Å²) >= 11 is 0. The molecule has 0 amide bonds. The van der Waals surface area contributed by atoms with Gasteiger partial charge in [0.15, 0.2) is 11.5 Å². The number of aryl methyl sites for hydroxylation is 1. The van der Waals surface area contributed by atoms with Crippen LogP contribution in [0.4, 0.5) is 5.82 Å². The Labute approximate surface area is 173 Å². The number of carbonyl (C=O) groups excluding carboxylic acids is 1. The predicted octanol–water partition coefficient (Wildman–Crippen LogP) is 1.91. The maximum Gasteiger partial charge on any atom is 0.328 e. The molecule has 1 unspecified atom stereocenters. The zero-order valence-corrected chi connectivity index (χ0v) is 17.6. The van der Waals surface area contributed by atoms with Gasteiger partial charge in [-0.05, 0) is 38.0 Å². The third kappa shape index (κ3) is 4.42. The van der Waals surface area contributed by atoms with Gasteiger partial charge in [-0.2, -0.15) is 9.97 Å². The lowest BCUT2D eigenvalue weighted by atomic mass is 10.0. The molecule has 0 radical (unpaired) electrons. The maximum atomic E-state index is 12.6. The fourth-order valence-electron chi connectivity index (χ4n) is 3.11. The first-order chi connectivity index (χ1) is 14.3. The molecule has 3 aromatic rings. The Balaban J connectivity index is 1.99. The molecule has 0 aliphatic carbocycles. The van der Waals surface area contributed by atoms with Crippen LogP contribution in [0.2, 0.25) is 0 Å². The van der Waals surface area contributed by atoms with Crippen LogP contribution in [0.15, 0.2) is 16.9 Å². The smallest absolute Gasteiger partial charge is 0.328 e. The van der Waals surface area contributed by atoms with Crippen molar-refractivity contribution in [1.29, 1.82) is 0 Å². The summed E-state index contributed by atoms with van der Waals surface area (Å²) in [6.07, 6.45) is 1.83. The number of nitrogens with zero attached hydrogens (tertiary/aromatic N) is 4. The molecule has 3 heterocycles. The second-order valence-corrected chi connectivity index (χ2v) is 7.09. The van der Waals surface area contributed by atoms with Gasteiger partial charge in [-0.1, -0.05) is 13.3 Å². The van der Waals surface area contributed by atoms with Crippen LogP contribution >= 0.6 is 0 Å². The average molecular weight is 414 g/mol. The summed E-state index contributed by atoms with van der Waals surface area (Å²) in [6.45, 7) is 6.29. The number of esters is 1. The van der Waals surface area contributed by atoms with Gasteiger partial charge in [0.25, 0.3) is 0 Å². The van der Waals surface area contributed by atoms with Crippen molar-refractivity contribution in [2.45, 2.75) is 46.1 Å². The summed E-state index contributed by atoms with van der Waals surface area (Å²) < 4.78 is 11.8. The SMILES string of the molecule is CCCCOc1nc(N)c2[nH]c(=O)n(Cc3cc(C)nc(C(C)C(=O)OC)c3)c2n1. The summed E-state index contributed by atoms with van der Waals surface area (Å²) in [5.74, 6) is -0.754. The van der Waals surface area contributed by atoms with E-state index in [0.717, 1.165) is 24.1 Å². The fraction of sp³-hybridized carbons (Fsp3) is 0.450. The second-order valence-electron chi connectivity index (χ2n) is 7.09. The van der Waals surface area contributed by atoms with E-state index in [9.17, 15) is 9.59 Å². The molecule has 160 valence electrons. The number of nitrogens with one attached hydrogen (secondary N) is 1. The Hall–Kier alpha value is -3.43. The number of fused-ring (bicyclic) bond motifs is 1. The summed E-state index contributed by atoms with van der Waals surface area (Å²) in [5, 5.41) is 0. The number of imidazole rings is 1. The number of unbranched alkanes of at least 4 members (excludes halogenated alkanes) is 1. The van der Waals surface area contributed by atoms with Gasteiger partial charge < -0.3 is 20.2 Å². The summed E-state index contributed by atoms with van der Waals surface area (Å²) in [6, 6.07) is 3.76. The third-order valence-electron chi connectivity index (χ3n) is 4.73. The van der Waals surface area contributed by atoms with Crippen molar-refractivity contribution in [3.63, 3.8) is 0 Å². The molecule has 0 aromatic carbocycles. The number of nitrogen functional groups attached to an aromatic ring is 1. The molecule has 30 heavy (non-hydrogen) atoms. The van der Waals surface area contributed by atoms with Gasteiger partial charge in [-0.15, -0.1) is 0 Å². The molecule has 0 fully saturated rings. The van der Waals surface area contributed by atoms with Gasteiger partial charge in [0, 0.05) is 5.69 Å². The van der Waals surface area contributed by atoms with E-state index in [-0.39, 0.29) is 30.0 Å². The normalized spacial score (nSPS) is 12.1. The standard InChI is InChI=1S/C20H26N6O4/c1-5-6-7-30-19-24-16(21)15-17(25-19)26(20(28)23-15)10-13-8-11(2)22-14(9-13)12(3)18(27)29-4/h8-9,12H,5-7,10H2,1-4H3,(H,23,28)(H2,21,24,25). The molecule has 1 atom stereocenters. The summed E-state index contributed by atoms with van der Waals surface area (Å²) in [5.41, 5.74) is 8.44. The number of methoxy groups -OCH3 is 1. The first-order valence-corrected chi connectivity index (χ1v) is 9.78. The van der Waals surface area contributed by atoms with Gasteiger partial charge in [0.1, 0.15) is 5.52 Å². The summed E-state index contributed by atoms with van der Waals surface area (Å²) in [7, 11) is 1.34. The van der Waals surface area contributed by atoms with Crippen LogP contribution in [0.1, 0.15) is 49.6 Å². The molecule has 3 N–H and O–H groups in total. The van der Waals surface area contributed by atoms with Crippen molar-refractivity contribution >= 4 is 23.0 Å². The first-order valence-electron chi connectivity index (χ1n) is 9.78. The molecule has 0 aliphatic rings. The van der Waals surface area contributed by atoms with Gasteiger partial charge in [-0.25, -0.2) is 4.79 Å². The van der Waals surface area contributed by atoms with Crippen LogP contribution < -0.4 is 16.2 Å². The summed E-state index contributed by atoms with van der Waals surface area (Å²) in [4.78, 5) is 40.1. The maximum absolute atomic E-state index is 12.6. The highest BCUT2D eigenvalue weighted by Gasteiger charge is 2.19. The number of H-pyrrole nitrogens is 1. The highest BCUT2D eigenvalue weighted by Crippen LogP contribution is 2.21. The minimum atomic E-state index is -0.523. The highest BCUT2D eigenvalue weighted by molar-refractivity contribution is 5.82. The Morgan fingerprint density at radius 1 is 1.30 bits per heavy atom. The number of carbonyl (C=O) groups is 1. The van der Waals surface area contributed by atoms with Crippen molar-refractivity contribution in [2.75, 3.05) is 19.5 Å². The van der Waals surface area contributed by atoms with Crippen LogP contribution in [0.25, 0.3) is 11.2 Å². The topological polar surface area (TPSA) is 138 Å². The lowest BCUT2D eigenvalue weighted by Gasteiger charge is -2.12. The number of aromatic nitrogens is 5. The number of anilines is 1. The van der Waals surface area contributed by atoms with Crippen molar-refractivity contribution in [1.82, 2.24) is 24.5 Å². The Morgan fingerprint density at radius 2 is 2.07 bits per heavy atom. The number of ether oxygens (including phenoxy) is 2. The van der Waals surface area contributed by atoms with E-state index in [4.69, 9.17) is 15.2 Å². The van der Waals surface area contributed by atoms with Gasteiger partial charge >= 0.3 is 17.7 Å². The van der Waals surface area contributed by atoms with Crippen LogP contribution in [-0.4, -0.2) is 44.2 Å². The van der Waals surface area contributed by atoms with Crippen LogP contribution in [0.3, 0.4) is 0 Å². The molecule has 10 heteroatoms. The fourth-order valence-corrected chi connectivity index (χ4v) is 3.11. The zero-order valence-electron chi connectivity index (χ0n) is 17.6. The minimum Gasteiger partial charge on any atom is -0.469 e. The molecule has 0 aliphatic heterocycles. The van der Waals surface area contributed by atoms with Crippen LogP contribution in [0.5, 0.6) is 6.01 Å². The lowest BCUT2D eigenvalue weighted by Crippen LogP contribution is -2.19. The van der Waals surface area contributed by atoms with Gasteiger partial charge in [0.05, 0.1) is 31.9 Å². The number of hydrogen-bond donors (Lipinski definition) is 2. The third-order valence-corrected chi connectivity index (χ3v) is 4.73. The molecule has 0 saturated carbocycles. The number of nitrogens with two attached hydrogens (primary N) is 1. The minimum absolute atomic E-state index is 0.132. The number of pyridine rings is 1. The second kappa shape index (κ2) is 8.93. The Morgan fingerprint density at radius 3 is 2.77 bits per heavy atom. The van der Waals surface area contributed by atoms with Crippen molar-refractivity contribution in [3.05, 3.63) is 39.6 Å². The molecular formula is C20H26N6O4. The predicted molar refractivity (Wildman–Crippen MR) is 111 cm³/mol. The number of rotatable bonds is 8. The van der Waals surface area contributed by atoms with Crippen LogP contribution in [-0.2, 0) is 16.1 Å². The van der Waals surface area contributed by atoms with E-state index in [0.29, 0.717) is 23.5 Å². The number of hydrogen-bond acceptors (Lipinski definition) is 8. The molecule has 3 rings (SSSR count). The van der Waals surface area contributed by atoms with Gasteiger partial charge in [-0.3, -0.25) is 14.3 Å². The number of aromatic amines is 1. The molecular weight excluding hydrogens is 388 g/mol. The van der Waals surface area contributed by atoms with E-state index in [1.165, 1.54) is 11.7 Å². The molecule has 0 spiro atoms. The highest BCUT2D eigenvalue weighted by atomic mass is 16.5. The Kier molecular flexibility index (Phi) is 6.34. The lowest BCUT2D eigenvalue weighted by molar-refractivity contribution is -0.142.